The Kier molecular flexibility index (Phi) is 6.45. The van der Waals surface area contributed by atoms with Gasteiger partial charge in [-0.15, -0.1) is 0 Å². The topological polar surface area (TPSA) is 121 Å². The van der Waals surface area contributed by atoms with Gasteiger partial charge >= 0.3 is 0 Å². The summed E-state index contributed by atoms with van der Waals surface area (Å²) in [6.07, 6.45) is 1.80. The summed E-state index contributed by atoms with van der Waals surface area (Å²) in [5.41, 5.74) is 1.57. The first-order chi connectivity index (χ1) is 16.9. The number of carbonyl (C=O) groups is 1. The highest BCUT2D eigenvalue weighted by Gasteiger charge is 2.32. The lowest BCUT2D eigenvalue weighted by molar-refractivity contribution is 0.103. The maximum absolute atomic E-state index is 13.9. The third-order valence-electron chi connectivity index (χ3n) is 5.99. The second-order valence-corrected chi connectivity index (χ2v) is 12.8. The third kappa shape index (κ3) is 4.38. The quantitative estimate of drug-likeness (QED) is 0.275. The number of benzene rings is 2. The average Bonchev–Trinajstić information content (AvgIpc) is 3.35. The van der Waals surface area contributed by atoms with Gasteiger partial charge in [-0.2, -0.15) is 5.26 Å². The minimum absolute atomic E-state index is 0.0117. The molecule has 0 amide bonds. The number of aromatic nitrogens is 1. The summed E-state index contributed by atoms with van der Waals surface area (Å²) >= 11 is 0. The highest BCUT2D eigenvalue weighted by Crippen LogP contribution is 2.35. The van der Waals surface area contributed by atoms with E-state index in [2.05, 4.69) is 0 Å². The van der Waals surface area contributed by atoms with Gasteiger partial charge < -0.3 is 4.90 Å². The predicted octanol–water partition coefficient (Wildman–Crippen LogP) is 3.19. The molecule has 1 fully saturated rings. The van der Waals surface area contributed by atoms with Crippen molar-refractivity contribution in [2.24, 2.45) is 0 Å². The number of allylic oxidation sites excluding steroid dienone is 1. The molecular formula is C25H26N4O5S2. The Morgan fingerprint density at radius 1 is 1.11 bits per heavy atom. The van der Waals surface area contributed by atoms with Gasteiger partial charge in [0, 0.05) is 32.2 Å². The van der Waals surface area contributed by atoms with Gasteiger partial charge in [-0.05, 0) is 56.2 Å². The van der Waals surface area contributed by atoms with Crippen molar-refractivity contribution < 1.29 is 21.6 Å². The van der Waals surface area contributed by atoms with Gasteiger partial charge in [0.25, 0.3) is 10.0 Å². The monoisotopic (exact) mass is 526 g/mol. The SMILES string of the molecule is Cc1ccc(S(=O)(=O)n2c(C(=O)C(C#N)=CN(C)C)cc3cc(C)c(N4CCCS4(=O)=O)cc32)cc1. The molecular weight excluding hydrogens is 500 g/mol. The van der Waals surface area contributed by atoms with Gasteiger partial charge in [0.2, 0.25) is 15.8 Å². The highest BCUT2D eigenvalue weighted by atomic mass is 32.2. The van der Waals surface area contributed by atoms with Crippen LogP contribution in [0.3, 0.4) is 0 Å². The first-order valence-corrected chi connectivity index (χ1v) is 14.2. The predicted molar refractivity (Wildman–Crippen MR) is 138 cm³/mol. The standard InChI is InChI=1S/C25H26N4O5S2/c1-17-6-8-21(9-7-17)36(33,34)29-23-14-22(28-10-5-11-35(28,31)32)18(2)12-19(23)13-24(29)25(30)20(15-26)16-27(3)4/h6-9,12-14,16H,5,10-11H2,1-4H3. The number of rotatable bonds is 6. The molecule has 0 atom stereocenters. The van der Waals surface area contributed by atoms with Crippen LogP contribution in [0.2, 0.25) is 0 Å². The maximum Gasteiger partial charge on any atom is 0.268 e. The van der Waals surface area contributed by atoms with Crippen molar-refractivity contribution in [3.63, 3.8) is 0 Å². The molecule has 2 heterocycles. The fraction of sp³-hybridized carbons (Fsp3) is 0.280. The number of anilines is 1. The number of carbonyl (C=O) groups excluding carboxylic acids is 1. The minimum Gasteiger partial charge on any atom is -0.382 e. The third-order valence-corrected chi connectivity index (χ3v) is 9.58. The molecule has 36 heavy (non-hydrogen) atoms. The fourth-order valence-electron chi connectivity index (χ4n) is 4.28. The molecule has 0 saturated carbocycles. The number of hydrogen-bond donors (Lipinski definition) is 0. The normalized spacial score (nSPS) is 15.8. The van der Waals surface area contributed by atoms with E-state index in [1.54, 1.807) is 39.2 Å². The van der Waals surface area contributed by atoms with Crippen LogP contribution in [0.5, 0.6) is 0 Å². The van der Waals surface area contributed by atoms with E-state index < -0.39 is 25.8 Å². The van der Waals surface area contributed by atoms with E-state index in [1.165, 1.54) is 39.7 Å². The first kappa shape index (κ1) is 25.5. The maximum atomic E-state index is 13.9. The molecule has 4 rings (SSSR count). The van der Waals surface area contributed by atoms with E-state index in [-0.39, 0.29) is 34.0 Å². The Bertz CT molecular complexity index is 1660. The van der Waals surface area contributed by atoms with Crippen molar-refractivity contribution in [1.82, 2.24) is 8.87 Å². The molecule has 2 aromatic carbocycles. The second-order valence-electron chi connectivity index (χ2n) is 9.00. The molecule has 1 aromatic heterocycles. The van der Waals surface area contributed by atoms with Crippen molar-refractivity contribution >= 4 is 42.4 Å². The molecule has 0 unspecified atom stereocenters. The number of sulfonamides is 1. The Hall–Kier alpha value is -3.62. The van der Waals surface area contributed by atoms with Crippen LogP contribution < -0.4 is 4.31 Å². The fourth-order valence-corrected chi connectivity index (χ4v) is 7.40. The number of nitrogens with zero attached hydrogens (tertiary/aromatic N) is 4. The van der Waals surface area contributed by atoms with Crippen molar-refractivity contribution in [3.05, 3.63) is 71.1 Å². The van der Waals surface area contributed by atoms with Crippen molar-refractivity contribution in [2.45, 2.75) is 25.2 Å². The van der Waals surface area contributed by atoms with Crippen molar-refractivity contribution in [2.75, 3.05) is 30.7 Å². The van der Waals surface area contributed by atoms with Gasteiger partial charge in [-0.1, -0.05) is 17.7 Å². The van der Waals surface area contributed by atoms with E-state index in [0.717, 1.165) is 9.54 Å². The first-order valence-electron chi connectivity index (χ1n) is 11.2. The van der Waals surface area contributed by atoms with Crippen LogP contribution in [0.1, 0.15) is 28.0 Å². The van der Waals surface area contributed by atoms with E-state index >= 15 is 0 Å². The largest absolute Gasteiger partial charge is 0.382 e. The smallest absolute Gasteiger partial charge is 0.268 e. The van der Waals surface area contributed by atoms with E-state index in [4.69, 9.17) is 0 Å². The second kappa shape index (κ2) is 9.11. The van der Waals surface area contributed by atoms with Crippen LogP contribution in [0.25, 0.3) is 10.9 Å². The molecule has 3 aromatic rings. The number of Topliss-reactive ketones (excluding diaryl/α,β-unsaturated/α-hetero) is 1. The molecule has 1 aliphatic heterocycles. The zero-order chi connectivity index (χ0) is 26.4. The molecule has 0 radical (unpaired) electrons. The Morgan fingerprint density at radius 3 is 2.33 bits per heavy atom. The summed E-state index contributed by atoms with van der Waals surface area (Å²) in [4.78, 5) is 14.9. The van der Waals surface area contributed by atoms with E-state index in [0.29, 0.717) is 23.1 Å². The summed E-state index contributed by atoms with van der Waals surface area (Å²) < 4.78 is 55.2. The van der Waals surface area contributed by atoms with Gasteiger partial charge in [-0.3, -0.25) is 9.10 Å². The molecule has 188 valence electrons. The number of ketones is 1. The zero-order valence-electron chi connectivity index (χ0n) is 20.4. The van der Waals surface area contributed by atoms with Crippen molar-refractivity contribution in [1.29, 1.82) is 5.26 Å². The molecule has 11 heteroatoms. The van der Waals surface area contributed by atoms with Gasteiger partial charge in [-0.25, -0.2) is 20.8 Å². The number of nitriles is 1. The summed E-state index contributed by atoms with van der Waals surface area (Å²) in [6, 6.07) is 12.7. The molecule has 0 N–H and O–H groups in total. The Balaban J connectivity index is 2.06. The lowest BCUT2D eigenvalue weighted by Crippen LogP contribution is -2.26. The Labute approximate surface area is 211 Å². The van der Waals surface area contributed by atoms with Crippen LogP contribution in [0.15, 0.2) is 59.1 Å². The molecule has 0 aliphatic carbocycles. The van der Waals surface area contributed by atoms with Crippen LogP contribution in [-0.2, 0) is 20.0 Å². The van der Waals surface area contributed by atoms with Crippen molar-refractivity contribution in [3.8, 4) is 6.07 Å². The van der Waals surface area contributed by atoms with Crippen LogP contribution in [0, 0.1) is 25.2 Å². The summed E-state index contributed by atoms with van der Waals surface area (Å²) in [6.45, 7) is 3.85. The van der Waals surface area contributed by atoms with Gasteiger partial charge in [0.15, 0.2) is 0 Å². The highest BCUT2D eigenvalue weighted by molar-refractivity contribution is 7.93. The number of fused-ring (bicyclic) bond motifs is 1. The number of aryl methyl sites for hydroxylation is 2. The molecule has 1 saturated heterocycles. The lowest BCUT2D eigenvalue weighted by atomic mass is 10.1. The van der Waals surface area contributed by atoms with E-state index in [1.807, 2.05) is 13.0 Å². The Morgan fingerprint density at radius 2 is 1.78 bits per heavy atom. The minimum atomic E-state index is -4.29. The molecule has 9 nitrogen and oxygen atoms in total. The van der Waals surface area contributed by atoms with E-state index in [9.17, 15) is 26.9 Å². The lowest BCUT2D eigenvalue weighted by Gasteiger charge is -2.20. The number of hydrogen-bond acceptors (Lipinski definition) is 7. The van der Waals surface area contributed by atoms with Crippen LogP contribution in [-0.4, -0.2) is 57.9 Å². The molecule has 0 spiro atoms. The van der Waals surface area contributed by atoms with Gasteiger partial charge in [0.05, 0.1) is 21.9 Å². The molecule has 0 bridgehead atoms. The summed E-state index contributed by atoms with van der Waals surface area (Å²) in [7, 11) is -4.52. The molecule has 1 aliphatic rings. The van der Waals surface area contributed by atoms with Crippen LogP contribution >= 0.6 is 0 Å². The van der Waals surface area contributed by atoms with Gasteiger partial charge in [0.1, 0.15) is 17.3 Å². The summed E-state index contributed by atoms with van der Waals surface area (Å²) in [5.74, 6) is -0.747. The average molecular weight is 527 g/mol. The van der Waals surface area contributed by atoms with Crippen LogP contribution in [0.4, 0.5) is 5.69 Å². The zero-order valence-corrected chi connectivity index (χ0v) is 22.0. The summed E-state index contributed by atoms with van der Waals surface area (Å²) in [5, 5.41) is 10.1.